The first-order valence-electron chi connectivity index (χ1n) is 10.7. The Morgan fingerprint density at radius 3 is 2.56 bits per heavy atom. The first-order chi connectivity index (χ1) is 15.4. The number of aryl methyl sites for hydroxylation is 1. The van der Waals surface area contributed by atoms with Gasteiger partial charge in [-0.1, -0.05) is 29.0 Å². The van der Waals surface area contributed by atoms with E-state index in [1.54, 1.807) is 16.9 Å². The van der Waals surface area contributed by atoms with Crippen LogP contribution < -0.4 is 10.2 Å². The number of nitrogens with zero attached hydrogens (tertiary/aromatic N) is 4. The number of amides is 3. The normalized spacial score (nSPS) is 19.4. The number of aromatic nitrogens is 2. The predicted octanol–water partition coefficient (Wildman–Crippen LogP) is 2.22. The van der Waals surface area contributed by atoms with E-state index in [2.05, 4.69) is 15.5 Å². The maximum absolute atomic E-state index is 13.0. The Hall–Kier alpha value is -2.85. The second-order valence-electron chi connectivity index (χ2n) is 8.26. The van der Waals surface area contributed by atoms with Crippen molar-refractivity contribution in [1.29, 1.82) is 0 Å². The van der Waals surface area contributed by atoms with Crippen LogP contribution in [-0.4, -0.2) is 59.6 Å². The third-order valence-corrected chi connectivity index (χ3v) is 6.77. The Balaban J connectivity index is 1.28. The Labute approximate surface area is 190 Å². The van der Waals surface area contributed by atoms with Crippen molar-refractivity contribution in [2.24, 2.45) is 11.8 Å². The van der Waals surface area contributed by atoms with Crippen LogP contribution in [-0.2, 0) is 25.7 Å². The molecule has 1 aromatic carbocycles. The number of carbonyl (C=O) groups is 3. The average Bonchev–Trinajstić information content (AvgIpc) is 3.40. The second-order valence-corrected chi connectivity index (χ2v) is 9.33. The highest BCUT2D eigenvalue weighted by atomic mass is 32.1. The lowest BCUT2D eigenvalue weighted by atomic mass is 9.94. The van der Waals surface area contributed by atoms with Crippen LogP contribution in [0.4, 0.5) is 10.8 Å². The highest BCUT2D eigenvalue weighted by molar-refractivity contribution is 7.15. The number of rotatable bonds is 6. The number of carbonyl (C=O) groups excluding carboxylic acids is 3. The first kappa shape index (κ1) is 22.3. The van der Waals surface area contributed by atoms with Crippen LogP contribution in [0.3, 0.4) is 0 Å². The lowest BCUT2D eigenvalue weighted by molar-refractivity contribution is -0.138. The van der Waals surface area contributed by atoms with Crippen LogP contribution in [0.5, 0.6) is 0 Å². The maximum atomic E-state index is 13.0. The molecular formula is C22H27N5O4S. The predicted molar refractivity (Wildman–Crippen MR) is 120 cm³/mol. The zero-order valence-corrected chi connectivity index (χ0v) is 19.1. The van der Waals surface area contributed by atoms with E-state index in [-0.39, 0.29) is 36.0 Å². The van der Waals surface area contributed by atoms with Crippen LogP contribution >= 0.6 is 11.3 Å². The molecule has 2 aliphatic rings. The number of methoxy groups -OCH3 is 1. The number of benzene rings is 1. The fourth-order valence-electron chi connectivity index (χ4n) is 4.16. The van der Waals surface area contributed by atoms with Gasteiger partial charge in [0.25, 0.3) is 0 Å². The van der Waals surface area contributed by atoms with Gasteiger partial charge in [-0.25, -0.2) is 0 Å². The van der Waals surface area contributed by atoms with Crippen molar-refractivity contribution >= 4 is 39.9 Å². The molecule has 1 atom stereocenters. The summed E-state index contributed by atoms with van der Waals surface area (Å²) in [5.74, 6) is -0.636. The lowest BCUT2D eigenvalue weighted by Crippen LogP contribution is -2.44. The van der Waals surface area contributed by atoms with Crippen LogP contribution in [0.1, 0.15) is 29.8 Å². The van der Waals surface area contributed by atoms with Gasteiger partial charge < -0.3 is 19.9 Å². The zero-order chi connectivity index (χ0) is 22.7. The van der Waals surface area contributed by atoms with E-state index in [1.165, 1.54) is 11.3 Å². The third kappa shape index (κ3) is 4.97. The molecule has 3 heterocycles. The van der Waals surface area contributed by atoms with E-state index in [9.17, 15) is 14.4 Å². The molecule has 9 nitrogen and oxygen atoms in total. The highest BCUT2D eigenvalue weighted by Crippen LogP contribution is 2.28. The summed E-state index contributed by atoms with van der Waals surface area (Å²) in [6, 6.07) is 7.77. The van der Waals surface area contributed by atoms with E-state index >= 15 is 0 Å². The fourth-order valence-corrected chi connectivity index (χ4v) is 4.88. The summed E-state index contributed by atoms with van der Waals surface area (Å²) in [5, 5.41) is 11.9. The largest absolute Gasteiger partial charge is 0.377 e. The van der Waals surface area contributed by atoms with Crippen LogP contribution in [0.15, 0.2) is 24.3 Å². The molecule has 2 aromatic rings. The summed E-state index contributed by atoms with van der Waals surface area (Å²) in [6.07, 6.45) is 1.40. The van der Waals surface area contributed by atoms with Gasteiger partial charge in [0.1, 0.15) is 11.6 Å². The standard InChI is InChI=1S/C22H27N5O4S/c1-14-3-5-17(6-4-14)27-12-16(11-19(27)28)21(30)26-9-7-15(8-10-26)20(29)23-22-25-24-18(32-22)13-31-2/h3-6,15-16H,7-13H2,1-2H3,(H,23,25,29)/t16-/m1/s1. The van der Waals surface area contributed by atoms with Crippen molar-refractivity contribution in [3.8, 4) is 0 Å². The molecular weight excluding hydrogens is 430 g/mol. The maximum Gasteiger partial charge on any atom is 0.229 e. The van der Waals surface area contributed by atoms with E-state index in [0.717, 1.165) is 11.3 Å². The Bertz CT molecular complexity index is 984. The monoisotopic (exact) mass is 457 g/mol. The van der Waals surface area contributed by atoms with E-state index < -0.39 is 0 Å². The minimum absolute atomic E-state index is 0.000140. The van der Waals surface area contributed by atoms with Gasteiger partial charge in [0, 0.05) is 44.8 Å². The van der Waals surface area contributed by atoms with Crippen molar-refractivity contribution in [3.05, 3.63) is 34.8 Å². The summed E-state index contributed by atoms with van der Waals surface area (Å²) in [7, 11) is 1.58. The SMILES string of the molecule is COCc1nnc(NC(=O)C2CCN(C(=O)[C@@H]3CC(=O)N(c4ccc(C)cc4)C3)CC2)s1. The first-order valence-corrected chi connectivity index (χ1v) is 11.5. The molecule has 3 amide bonds. The Morgan fingerprint density at radius 2 is 1.88 bits per heavy atom. The number of hydrogen-bond donors (Lipinski definition) is 1. The lowest BCUT2D eigenvalue weighted by Gasteiger charge is -2.32. The van der Waals surface area contributed by atoms with Crippen molar-refractivity contribution < 1.29 is 19.1 Å². The molecule has 170 valence electrons. The van der Waals surface area contributed by atoms with Crippen molar-refractivity contribution in [1.82, 2.24) is 15.1 Å². The molecule has 0 radical (unpaired) electrons. The van der Waals surface area contributed by atoms with Crippen LogP contribution in [0, 0.1) is 18.8 Å². The second kappa shape index (κ2) is 9.74. The molecule has 2 fully saturated rings. The molecule has 10 heteroatoms. The van der Waals surface area contributed by atoms with Gasteiger partial charge in [-0.05, 0) is 31.9 Å². The zero-order valence-electron chi connectivity index (χ0n) is 18.2. The molecule has 1 N–H and O–H groups in total. The summed E-state index contributed by atoms with van der Waals surface area (Å²) in [5.41, 5.74) is 1.96. The summed E-state index contributed by atoms with van der Waals surface area (Å²) in [4.78, 5) is 41.6. The summed E-state index contributed by atoms with van der Waals surface area (Å²) >= 11 is 1.29. The molecule has 0 bridgehead atoms. The van der Waals surface area contributed by atoms with Gasteiger partial charge in [-0.3, -0.25) is 14.4 Å². The number of likely N-dealkylation sites (tertiary alicyclic amines) is 1. The minimum atomic E-state index is -0.338. The van der Waals surface area contributed by atoms with Crippen LogP contribution in [0.2, 0.25) is 0 Å². The summed E-state index contributed by atoms with van der Waals surface area (Å²) in [6.45, 7) is 3.79. The van der Waals surface area contributed by atoms with Gasteiger partial charge >= 0.3 is 0 Å². The van der Waals surface area contributed by atoms with E-state index in [1.807, 2.05) is 31.2 Å². The molecule has 0 aliphatic carbocycles. The number of ether oxygens (including phenoxy) is 1. The fraction of sp³-hybridized carbons (Fsp3) is 0.500. The Kier molecular flexibility index (Phi) is 6.80. The van der Waals surface area contributed by atoms with Gasteiger partial charge in [0.2, 0.25) is 22.9 Å². The van der Waals surface area contributed by atoms with Gasteiger partial charge in [0.15, 0.2) is 0 Å². The average molecular weight is 458 g/mol. The third-order valence-electron chi connectivity index (χ3n) is 5.96. The van der Waals surface area contributed by atoms with Crippen molar-refractivity contribution in [2.45, 2.75) is 32.8 Å². The van der Waals surface area contributed by atoms with Gasteiger partial charge in [0.05, 0.1) is 5.92 Å². The molecule has 2 saturated heterocycles. The Morgan fingerprint density at radius 1 is 1.16 bits per heavy atom. The van der Waals surface area contributed by atoms with E-state index in [4.69, 9.17) is 4.74 Å². The van der Waals surface area contributed by atoms with Crippen molar-refractivity contribution in [2.75, 3.05) is 37.0 Å². The van der Waals surface area contributed by atoms with Crippen molar-refractivity contribution in [3.63, 3.8) is 0 Å². The molecule has 32 heavy (non-hydrogen) atoms. The molecule has 4 rings (SSSR count). The topological polar surface area (TPSA) is 105 Å². The van der Waals surface area contributed by atoms with E-state index in [0.29, 0.717) is 49.2 Å². The molecule has 0 saturated carbocycles. The van der Waals surface area contributed by atoms with Gasteiger partial charge in [-0.15, -0.1) is 10.2 Å². The molecule has 1 aromatic heterocycles. The highest BCUT2D eigenvalue weighted by Gasteiger charge is 2.38. The van der Waals surface area contributed by atoms with Gasteiger partial charge in [-0.2, -0.15) is 0 Å². The van der Waals surface area contributed by atoms with Crippen LogP contribution in [0.25, 0.3) is 0 Å². The molecule has 2 aliphatic heterocycles. The number of nitrogens with one attached hydrogen (secondary N) is 1. The molecule has 0 unspecified atom stereocenters. The quantitative estimate of drug-likeness (QED) is 0.713. The number of anilines is 2. The molecule has 0 spiro atoms. The number of piperidine rings is 1. The smallest absolute Gasteiger partial charge is 0.229 e. The summed E-state index contributed by atoms with van der Waals surface area (Å²) < 4.78 is 5.02. The number of hydrogen-bond acceptors (Lipinski definition) is 7. The minimum Gasteiger partial charge on any atom is -0.377 e.